The maximum atomic E-state index is 12.9. The van der Waals surface area contributed by atoms with Crippen molar-refractivity contribution in [2.75, 3.05) is 33.7 Å². The third-order valence-corrected chi connectivity index (χ3v) is 5.09. The van der Waals surface area contributed by atoms with Gasteiger partial charge in [-0.05, 0) is 76.8 Å². The minimum absolute atomic E-state index is 0.0767. The normalized spacial score (nSPS) is 14.2. The minimum atomic E-state index is -0.0767. The van der Waals surface area contributed by atoms with Crippen molar-refractivity contribution in [1.29, 1.82) is 0 Å². The number of aromatic nitrogens is 1. The second-order valence-corrected chi connectivity index (χ2v) is 7.84. The van der Waals surface area contributed by atoms with Crippen LogP contribution in [-0.2, 0) is 6.54 Å². The molecule has 1 fully saturated rings. The van der Waals surface area contributed by atoms with E-state index < -0.39 is 0 Å². The van der Waals surface area contributed by atoms with Crippen LogP contribution in [0.4, 0.5) is 0 Å². The van der Waals surface area contributed by atoms with Crippen LogP contribution >= 0.6 is 11.6 Å². The molecular weight excluding hydrogens is 386 g/mol. The van der Waals surface area contributed by atoms with Gasteiger partial charge >= 0.3 is 0 Å². The van der Waals surface area contributed by atoms with Crippen LogP contribution in [0.2, 0.25) is 5.02 Å². The van der Waals surface area contributed by atoms with Crippen LogP contribution in [0.1, 0.15) is 59.0 Å². The first-order valence-electron chi connectivity index (χ1n) is 10.3. The van der Waals surface area contributed by atoms with Gasteiger partial charge in [0.2, 0.25) is 5.78 Å². The van der Waals surface area contributed by atoms with Gasteiger partial charge < -0.3 is 9.88 Å². The van der Waals surface area contributed by atoms with E-state index in [1.807, 2.05) is 24.9 Å². The lowest BCUT2D eigenvalue weighted by Gasteiger charge is -2.25. The second kappa shape index (κ2) is 11.9. The Morgan fingerprint density at radius 2 is 1.66 bits per heavy atom. The van der Waals surface area contributed by atoms with Gasteiger partial charge in [0.15, 0.2) is 5.78 Å². The molecule has 0 amide bonds. The number of likely N-dealkylation sites (tertiary alicyclic amines) is 1. The van der Waals surface area contributed by atoms with E-state index in [-0.39, 0.29) is 11.6 Å². The summed E-state index contributed by atoms with van der Waals surface area (Å²) in [6, 6.07) is 8.62. The number of aryl methyl sites for hydroxylation is 1. The lowest BCUT2D eigenvalue weighted by Crippen LogP contribution is -2.34. The third-order valence-electron chi connectivity index (χ3n) is 4.84. The molecule has 1 aromatic carbocycles. The molecule has 158 valence electrons. The molecule has 5 nitrogen and oxygen atoms in total. The number of piperidine rings is 1. The highest BCUT2D eigenvalue weighted by Crippen LogP contribution is 2.18. The minimum Gasteiger partial charge on any atom is -0.344 e. The van der Waals surface area contributed by atoms with Crippen LogP contribution in [0.5, 0.6) is 0 Å². The number of carbonyl (C=O) groups excluding carboxylic acids is 2. The summed E-state index contributed by atoms with van der Waals surface area (Å²) in [5.74, 6) is 0.0130. The lowest BCUT2D eigenvalue weighted by atomic mass is 10.1. The molecule has 0 unspecified atom stereocenters. The maximum Gasteiger partial charge on any atom is 0.209 e. The Labute approximate surface area is 179 Å². The molecule has 1 saturated heterocycles. The number of halogens is 1. The molecule has 0 bridgehead atoms. The molecule has 1 N–H and O–H groups in total. The Morgan fingerprint density at radius 3 is 2.24 bits per heavy atom. The summed E-state index contributed by atoms with van der Waals surface area (Å²) in [6.45, 7) is 5.18. The standard InChI is InChI=1S/C21H25ClN2O2.C2H7N/c1-2-10-24-14-17(20(25)15-23-11-4-3-5-12-23)13-19(24)21(26)16-6-8-18(22)9-7-16;1-3-2/h6-9,13-14H,2-5,10-12,15H2,1H3;3H,1-2H3. The zero-order valence-electron chi connectivity index (χ0n) is 17.7. The molecule has 0 spiro atoms. The monoisotopic (exact) mass is 417 g/mol. The molecule has 0 saturated carbocycles. The van der Waals surface area contributed by atoms with E-state index in [0.29, 0.717) is 34.9 Å². The smallest absolute Gasteiger partial charge is 0.209 e. The van der Waals surface area contributed by atoms with Crippen molar-refractivity contribution in [3.8, 4) is 0 Å². The summed E-state index contributed by atoms with van der Waals surface area (Å²) in [6.07, 6.45) is 6.29. The van der Waals surface area contributed by atoms with Crippen LogP contribution < -0.4 is 5.32 Å². The molecule has 6 heteroatoms. The van der Waals surface area contributed by atoms with E-state index in [0.717, 1.165) is 32.4 Å². The van der Waals surface area contributed by atoms with Crippen molar-refractivity contribution < 1.29 is 9.59 Å². The molecule has 0 aliphatic carbocycles. The van der Waals surface area contributed by atoms with E-state index in [2.05, 4.69) is 17.1 Å². The number of Topliss-reactive ketones (excluding diaryl/α,β-unsaturated/α-hetero) is 1. The summed E-state index contributed by atoms with van der Waals surface area (Å²) in [5.41, 5.74) is 1.78. The van der Waals surface area contributed by atoms with Crippen molar-refractivity contribution in [3.63, 3.8) is 0 Å². The van der Waals surface area contributed by atoms with E-state index in [4.69, 9.17) is 11.6 Å². The molecular formula is C23H32ClN3O2. The number of carbonyl (C=O) groups is 2. The number of rotatable bonds is 7. The van der Waals surface area contributed by atoms with Gasteiger partial charge in [-0.15, -0.1) is 0 Å². The van der Waals surface area contributed by atoms with Crippen molar-refractivity contribution in [1.82, 2.24) is 14.8 Å². The fourth-order valence-electron chi connectivity index (χ4n) is 3.44. The summed E-state index contributed by atoms with van der Waals surface area (Å²) >= 11 is 5.92. The van der Waals surface area contributed by atoms with Gasteiger partial charge in [-0.25, -0.2) is 0 Å². The topological polar surface area (TPSA) is 54.3 Å². The summed E-state index contributed by atoms with van der Waals surface area (Å²) in [4.78, 5) is 27.8. The fourth-order valence-corrected chi connectivity index (χ4v) is 3.57. The summed E-state index contributed by atoms with van der Waals surface area (Å²) in [7, 11) is 3.75. The molecule has 1 aromatic heterocycles. The highest BCUT2D eigenvalue weighted by atomic mass is 35.5. The highest BCUT2D eigenvalue weighted by molar-refractivity contribution is 6.30. The van der Waals surface area contributed by atoms with E-state index in [1.165, 1.54) is 6.42 Å². The molecule has 2 aromatic rings. The van der Waals surface area contributed by atoms with Crippen molar-refractivity contribution in [2.45, 2.75) is 39.2 Å². The first kappa shape index (κ1) is 23.3. The Morgan fingerprint density at radius 1 is 1.03 bits per heavy atom. The fraction of sp³-hybridized carbons (Fsp3) is 0.478. The predicted molar refractivity (Wildman–Crippen MR) is 119 cm³/mol. The molecule has 0 radical (unpaired) electrons. The van der Waals surface area contributed by atoms with Gasteiger partial charge in [0.05, 0.1) is 12.2 Å². The first-order valence-corrected chi connectivity index (χ1v) is 10.7. The van der Waals surface area contributed by atoms with Crippen LogP contribution in [0.15, 0.2) is 36.5 Å². The zero-order valence-corrected chi connectivity index (χ0v) is 18.5. The van der Waals surface area contributed by atoms with E-state index in [9.17, 15) is 9.59 Å². The van der Waals surface area contributed by atoms with Gasteiger partial charge in [-0.1, -0.05) is 24.9 Å². The Hall–Kier alpha value is -1.95. The van der Waals surface area contributed by atoms with Crippen LogP contribution in [0, 0.1) is 0 Å². The van der Waals surface area contributed by atoms with Crippen molar-refractivity contribution >= 4 is 23.2 Å². The number of hydrogen-bond acceptors (Lipinski definition) is 4. The maximum absolute atomic E-state index is 12.9. The van der Waals surface area contributed by atoms with Crippen molar-refractivity contribution in [3.05, 3.63) is 58.4 Å². The highest BCUT2D eigenvalue weighted by Gasteiger charge is 2.20. The van der Waals surface area contributed by atoms with Crippen molar-refractivity contribution in [2.24, 2.45) is 0 Å². The number of hydrogen-bond donors (Lipinski definition) is 1. The van der Waals surface area contributed by atoms with Crippen LogP contribution in [-0.4, -0.2) is 54.8 Å². The molecule has 0 atom stereocenters. The number of nitrogens with one attached hydrogen (secondary N) is 1. The predicted octanol–water partition coefficient (Wildman–Crippen LogP) is 4.29. The summed E-state index contributed by atoms with van der Waals surface area (Å²) < 4.78 is 1.90. The SMILES string of the molecule is CCCn1cc(C(=O)CN2CCCCC2)cc1C(=O)c1ccc(Cl)cc1.CNC. The number of benzene rings is 1. The molecule has 1 aliphatic rings. The van der Waals surface area contributed by atoms with Crippen LogP contribution in [0.25, 0.3) is 0 Å². The van der Waals surface area contributed by atoms with Gasteiger partial charge in [-0.3, -0.25) is 14.5 Å². The molecule has 3 rings (SSSR count). The average Bonchev–Trinajstić information content (AvgIpc) is 3.14. The average molecular weight is 418 g/mol. The first-order chi connectivity index (χ1) is 14.0. The van der Waals surface area contributed by atoms with E-state index >= 15 is 0 Å². The van der Waals surface area contributed by atoms with Gasteiger partial charge in [-0.2, -0.15) is 0 Å². The summed E-state index contributed by atoms with van der Waals surface area (Å²) in [5, 5.41) is 3.35. The van der Waals surface area contributed by atoms with Gasteiger partial charge in [0.25, 0.3) is 0 Å². The van der Waals surface area contributed by atoms with Gasteiger partial charge in [0, 0.05) is 28.9 Å². The largest absolute Gasteiger partial charge is 0.344 e. The molecule has 2 heterocycles. The third kappa shape index (κ3) is 6.81. The second-order valence-electron chi connectivity index (χ2n) is 7.40. The number of nitrogens with zero attached hydrogens (tertiary/aromatic N) is 2. The zero-order chi connectivity index (χ0) is 21.2. The Kier molecular flexibility index (Phi) is 9.58. The molecule has 1 aliphatic heterocycles. The quantitative estimate of drug-likeness (QED) is 0.683. The van der Waals surface area contributed by atoms with Crippen LogP contribution in [0.3, 0.4) is 0 Å². The Bertz CT molecular complexity index is 793. The lowest BCUT2D eigenvalue weighted by molar-refractivity contribution is 0.0915. The molecule has 29 heavy (non-hydrogen) atoms. The number of ketones is 2. The van der Waals surface area contributed by atoms with E-state index in [1.54, 1.807) is 30.3 Å². The Balaban J connectivity index is 0.000000941. The van der Waals surface area contributed by atoms with Gasteiger partial charge in [0.1, 0.15) is 0 Å².